The third-order valence-corrected chi connectivity index (χ3v) is 2.90. The van der Waals surface area contributed by atoms with Crippen molar-refractivity contribution in [3.8, 4) is 0 Å². The summed E-state index contributed by atoms with van der Waals surface area (Å²) in [6.07, 6.45) is -0.605. The lowest BCUT2D eigenvalue weighted by Crippen LogP contribution is -2.50. The molecule has 2 heterocycles. The number of morpholine rings is 1. The summed E-state index contributed by atoms with van der Waals surface area (Å²) in [7, 11) is 0. The maximum absolute atomic E-state index is 12.3. The average molecular weight is 268 g/mol. The highest BCUT2D eigenvalue weighted by Gasteiger charge is 2.30. The minimum atomic E-state index is -0.605. The summed E-state index contributed by atoms with van der Waals surface area (Å²) in [5.74, 6) is 0.347. The fraction of sp³-hybridized carbons (Fsp3) is 0.545. The number of hydrogen-bond acceptors (Lipinski definition) is 6. The fourth-order valence-electron chi connectivity index (χ4n) is 1.95. The molecule has 104 valence electrons. The number of ether oxygens (including phenoxy) is 1. The molecule has 1 atom stereocenters. The van der Waals surface area contributed by atoms with Crippen molar-refractivity contribution in [1.29, 1.82) is 0 Å². The summed E-state index contributed by atoms with van der Waals surface area (Å²) in [4.78, 5) is 17.9. The lowest BCUT2D eigenvalue weighted by Gasteiger charge is -2.31. The monoisotopic (exact) mass is 268 g/mol. The lowest BCUT2D eigenvalue weighted by atomic mass is 10.2. The molecule has 1 unspecified atom stereocenters. The van der Waals surface area contributed by atoms with Crippen molar-refractivity contribution in [3.63, 3.8) is 0 Å². The molecule has 0 bridgehead atoms. The largest absolute Gasteiger partial charge is 0.436 e. The number of hydrogen-bond donors (Lipinski definition) is 2. The van der Waals surface area contributed by atoms with E-state index in [0.717, 1.165) is 0 Å². The van der Waals surface area contributed by atoms with Crippen LogP contribution >= 0.6 is 0 Å². The van der Waals surface area contributed by atoms with Gasteiger partial charge in [-0.05, 0) is 6.92 Å². The van der Waals surface area contributed by atoms with Gasteiger partial charge in [-0.2, -0.15) is 0 Å². The van der Waals surface area contributed by atoms with Gasteiger partial charge >= 0.3 is 0 Å². The van der Waals surface area contributed by atoms with Gasteiger partial charge in [0.25, 0.3) is 5.91 Å². The summed E-state index contributed by atoms with van der Waals surface area (Å²) in [5, 5.41) is 11.5. The summed E-state index contributed by atoms with van der Waals surface area (Å²) in [6, 6.07) is 0. The van der Waals surface area contributed by atoms with Gasteiger partial charge in [0.05, 0.1) is 18.8 Å². The number of aryl methyl sites for hydroxylation is 2. The zero-order valence-electron chi connectivity index (χ0n) is 10.8. The van der Waals surface area contributed by atoms with E-state index in [4.69, 9.17) is 20.1 Å². The minimum absolute atomic E-state index is 0.0528. The molecular formula is C11H16N4O4. The van der Waals surface area contributed by atoms with Crippen LogP contribution in [0, 0.1) is 13.8 Å². The normalized spacial score (nSPS) is 20.6. The Morgan fingerprint density at radius 1 is 1.58 bits per heavy atom. The van der Waals surface area contributed by atoms with E-state index < -0.39 is 6.10 Å². The first-order valence-electron chi connectivity index (χ1n) is 5.85. The number of carbonyl (C=O) groups is 1. The van der Waals surface area contributed by atoms with Crippen molar-refractivity contribution in [2.75, 3.05) is 19.7 Å². The molecule has 0 radical (unpaired) electrons. The number of oxime groups is 1. The van der Waals surface area contributed by atoms with E-state index in [9.17, 15) is 4.79 Å². The fourth-order valence-corrected chi connectivity index (χ4v) is 1.95. The highest BCUT2D eigenvalue weighted by molar-refractivity contribution is 5.93. The average Bonchev–Trinajstić information content (AvgIpc) is 2.76. The topological polar surface area (TPSA) is 114 Å². The van der Waals surface area contributed by atoms with Gasteiger partial charge in [-0.15, -0.1) is 0 Å². The molecule has 1 aromatic rings. The van der Waals surface area contributed by atoms with Crippen LogP contribution < -0.4 is 5.73 Å². The zero-order chi connectivity index (χ0) is 14.0. The van der Waals surface area contributed by atoms with Crippen LogP contribution in [0.5, 0.6) is 0 Å². The number of rotatable bonds is 2. The highest BCUT2D eigenvalue weighted by atomic mass is 16.5. The number of amidine groups is 1. The van der Waals surface area contributed by atoms with Gasteiger partial charge in [0.1, 0.15) is 6.10 Å². The number of aromatic nitrogens is 1. The highest BCUT2D eigenvalue weighted by Crippen LogP contribution is 2.15. The van der Waals surface area contributed by atoms with Gasteiger partial charge in [-0.1, -0.05) is 5.16 Å². The molecule has 0 spiro atoms. The molecule has 1 saturated heterocycles. The van der Waals surface area contributed by atoms with E-state index in [1.54, 1.807) is 18.7 Å². The van der Waals surface area contributed by atoms with Crippen molar-refractivity contribution < 1.29 is 19.2 Å². The van der Waals surface area contributed by atoms with E-state index >= 15 is 0 Å². The number of nitrogens with zero attached hydrogens (tertiary/aromatic N) is 3. The maximum atomic E-state index is 12.3. The molecule has 0 saturated carbocycles. The zero-order valence-corrected chi connectivity index (χ0v) is 10.8. The number of carbonyl (C=O) groups excluding carboxylic acids is 1. The molecule has 3 N–H and O–H groups in total. The van der Waals surface area contributed by atoms with Crippen molar-refractivity contribution in [1.82, 2.24) is 9.88 Å². The number of oxazole rings is 1. The van der Waals surface area contributed by atoms with Crippen molar-refractivity contribution in [3.05, 3.63) is 17.3 Å². The third-order valence-electron chi connectivity index (χ3n) is 2.90. The molecular weight excluding hydrogens is 252 g/mol. The predicted octanol–water partition coefficient (Wildman–Crippen LogP) is -0.121. The van der Waals surface area contributed by atoms with Gasteiger partial charge < -0.3 is 25.0 Å². The Bertz CT molecular complexity index is 511. The van der Waals surface area contributed by atoms with Crippen LogP contribution in [-0.2, 0) is 4.74 Å². The molecule has 0 aromatic carbocycles. The molecule has 8 nitrogen and oxygen atoms in total. The van der Waals surface area contributed by atoms with E-state index in [-0.39, 0.29) is 24.0 Å². The van der Waals surface area contributed by atoms with Gasteiger partial charge in [0.2, 0.25) is 5.76 Å². The molecule has 1 aliphatic rings. The van der Waals surface area contributed by atoms with Crippen LogP contribution in [0.3, 0.4) is 0 Å². The third kappa shape index (κ3) is 2.68. The van der Waals surface area contributed by atoms with Gasteiger partial charge in [-0.25, -0.2) is 4.98 Å². The number of nitrogens with two attached hydrogens (primary N) is 1. The second-order valence-corrected chi connectivity index (χ2v) is 4.28. The summed E-state index contributed by atoms with van der Waals surface area (Å²) in [5.41, 5.74) is 6.03. The summed E-state index contributed by atoms with van der Waals surface area (Å²) < 4.78 is 10.6. The predicted molar refractivity (Wildman–Crippen MR) is 65.0 cm³/mol. The number of amides is 1. The minimum Gasteiger partial charge on any atom is -0.436 e. The quantitative estimate of drug-likeness (QED) is 0.334. The molecule has 1 aliphatic heterocycles. The van der Waals surface area contributed by atoms with Crippen LogP contribution in [0.4, 0.5) is 0 Å². The van der Waals surface area contributed by atoms with Crippen LogP contribution in [0.2, 0.25) is 0 Å². The molecule has 0 aliphatic carbocycles. The molecule has 1 amide bonds. The molecule has 1 fully saturated rings. The standard InChI is InChI=1S/C11H16N4O4/c1-6-9(19-7(2)13-6)11(16)15-3-4-18-8(5-15)10(12)14-17/h8,17H,3-5H2,1-2H3,(H2,12,14). The van der Waals surface area contributed by atoms with E-state index in [2.05, 4.69) is 10.1 Å². The van der Waals surface area contributed by atoms with E-state index in [0.29, 0.717) is 24.7 Å². The van der Waals surface area contributed by atoms with E-state index in [1.807, 2.05) is 0 Å². The van der Waals surface area contributed by atoms with Crippen LogP contribution in [0.15, 0.2) is 9.57 Å². The van der Waals surface area contributed by atoms with Crippen LogP contribution in [0.1, 0.15) is 22.1 Å². The first kappa shape index (κ1) is 13.3. The van der Waals surface area contributed by atoms with Crippen LogP contribution in [0.25, 0.3) is 0 Å². The second kappa shape index (κ2) is 5.27. The van der Waals surface area contributed by atoms with Crippen LogP contribution in [-0.4, -0.2) is 52.6 Å². The first-order valence-corrected chi connectivity index (χ1v) is 5.85. The second-order valence-electron chi connectivity index (χ2n) is 4.28. The molecule has 1 aromatic heterocycles. The first-order chi connectivity index (χ1) is 9.02. The van der Waals surface area contributed by atoms with Gasteiger partial charge in [0, 0.05) is 13.5 Å². The van der Waals surface area contributed by atoms with E-state index in [1.165, 1.54) is 0 Å². The SMILES string of the molecule is Cc1nc(C)c(C(=O)N2CCOC(C(N)=NO)C2)o1. The smallest absolute Gasteiger partial charge is 0.291 e. The van der Waals surface area contributed by atoms with Crippen molar-refractivity contribution in [2.45, 2.75) is 20.0 Å². The Morgan fingerprint density at radius 3 is 2.89 bits per heavy atom. The van der Waals surface area contributed by atoms with Gasteiger partial charge in [-0.3, -0.25) is 4.79 Å². The van der Waals surface area contributed by atoms with Gasteiger partial charge in [0.15, 0.2) is 11.7 Å². The Labute approximate surface area is 109 Å². The molecule has 8 heteroatoms. The Hall–Kier alpha value is -2.09. The molecule has 2 rings (SSSR count). The Morgan fingerprint density at radius 2 is 2.32 bits per heavy atom. The lowest BCUT2D eigenvalue weighted by molar-refractivity contribution is 0.00525. The summed E-state index contributed by atoms with van der Waals surface area (Å²) in [6.45, 7) is 4.35. The molecule has 19 heavy (non-hydrogen) atoms. The van der Waals surface area contributed by atoms with Crippen molar-refractivity contribution >= 4 is 11.7 Å². The Balaban J connectivity index is 2.13. The summed E-state index contributed by atoms with van der Waals surface area (Å²) >= 11 is 0. The Kier molecular flexibility index (Phi) is 3.70. The van der Waals surface area contributed by atoms with Crippen molar-refractivity contribution in [2.24, 2.45) is 10.9 Å². The maximum Gasteiger partial charge on any atom is 0.291 e.